The SMILES string of the molecule is COc1cc(NCc2cc(N)ccc2N)ccc1N. The fourth-order valence-corrected chi connectivity index (χ4v) is 1.80. The Balaban J connectivity index is 2.12. The third-order valence-corrected chi connectivity index (χ3v) is 2.88. The molecule has 0 saturated carbocycles. The number of methoxy groups -OCH3 is 1. The van der Waals surface area contributed by atoms with Crippen molar-refractivity contribution < 1.29 is 4.74 Å². The highest BCUT2D eigenvalue weighted by atomic mass is 16.5. The van der Waals surface area contributed by atoms with Gasteiger partial charge in [-0.05, 0) is 35.9 Å². The van der Waals surface area contributed by atoms with E-state index in [-0.39, 0.29) is 0 Å². The second-order valence-corrected chi connectivity index (χ2v) is 4.27. The second-order valence-electron chi connectivity index (χ2n) is 4.27. The molecule has 5 heteroatoms. The minimum atomic E-state index is 0.587. The molecule has 5 nitrogen and oxygen atoms in total. The van der Waals surface area contributed by atoms with Crippen molar-refractivity contribution in [3.63, 3.8) is 0 Å². The maximum Gasteiger partial charge on any atom is 0.143 e. The van der Waals surface area contributed by atoms with Crippen LogP contribution in [0.3, 0.4) is 0 Å². The molecule has 19 heavy (non-hydrogen) atoms. The second kappa shape index (κ2) is 5.39. The van der Waals surface area contributed by atoms with Gasteiger partial charge >= 0.3 is 0 Å². The van der Waals surface area contributed by atoms with Crippen LogP contribution in [0.1, 0.15) is 5.56 Å². The molecule has 0 fully saturated rings. The molecule has 0 aromatic heterocycles. The minimum Gasteiger partial charge on any atom is -0.495 e. The minimum absolute atomic E-state index is 0.587. The van der Waals surface area contributed by atoms with Crippen molar-refractivity contribution in [3.8, 4) is 5.75 Å². The highest BCUT2D eigenvalue weighted by molar-refractivity contribution is 5.62. The first-order chi connectivity index (χ1) is 9.10. The molecule has 0 heterocycles. The van der Waals surface area contributed by atoms with Crippen molar-refractivity contribution in [1.82, 2.24) is 0 Å². The van der Waals surface area contributed by atoms with E-state index in [9.17, 15) is 0 Å². The smallest absolute Gasteiger partial charge is 0.143 e. The number of hydrogen-bond acceptors (Lipinski definition) is 5. The lowest BCUT2D eigenvalue weighted by Gasteiger charge is -2.11. The largest absolute Gasteiger partial charge is 0.495 e. The van der Waals surface area contributed by atoms with E-state index < -0.39 is 0 Å². The Kier molecular flexibility index (Phi) is 3.66. The maximum absolute atomic E-state index is 5.89. The van der Waals surface area contributed by atoms with Crippen LogP contribution in [0.15, 0.2) is 36.4 Å². The van der Waals surface area contributed by atoms with Gasteiger partial charge < -0.3 is 27.3 Å². The van der Waals surface area contributed by atoms with Crippen LogP contribution < -0.4 is 27.3 Å². The standard InChI is InChI=1S/C14H18N4O/c1-19-14-7-11(3-5-13(14)17)18-8-9-6-10(15)2-4-12(9)16/h2-7,18H,8,15-17H2,1H3. The van der Waals surface area contributed by atoms with E-state index in [1.165, 1.54) is 0 Å². The van der Waals surface area contributed by atoms with E-state index in [0.29, 0.717) is 29.4 Å². The summed E-state index contributed by atoms with van der Waals surface area (Å²) >= 11 is 0. The van der Waals surface area contributed by atoms with Gasteiger partial charge in [-0.15, -0.1) is 0 Å². The van der Waals surface area contributed by atoms with Gasteiger partial charge in [0.25, 0.3) is 0 Å². The third kappa shape index (κ3) is 3.01. The number of nitrogen functional groups attached to an aromatic ring is 3. The summed E-state index contributed by atoms with van der Waals surface area (Å²) in [4.78, 5) is 0. The molecule has 7 N–H and O–H groups in total. The van der Waals surface area contributed by atoms with Gasteiger partial charge in [0.15, 0.2) is 0 Å². The number of nitrogens with one attached hydrogen (secondary N) is 1. The van der Waals surface area contributed by atoms with Crippen molar-refractivity contribution in [2.75, 3.05) is 29.6 Å². The predicted octanol–water partition coefficient (Wildman–Crippen LogP) is 2.05. The van der Waals surface area contributed by atoms with E-state index in [0.717, 1.165) is 11.3 Å². The van der Waals surface area contributed by atoms with Crippen LogP contribution >= 0.6 is 0 Å². The average molecular weight is 258 g/mol. The van der Waals surface area contributed by atoms with Gasteiger partial charge in [-0.2, -0.15) is 0 Å². The van der Waals surface area contributed by atoms with Crippen LogP contribution in [-0.4, -0.2) is 7.11 Å². The molecule has 2 aromatic carbocycles. The number of nitrogens with two attached hydrogens (primary N) is 3. The van der Waals surface area contributed by atoms with Crippen molar-refractivity contribution in [2.45, 2.75) is 6.54 Å². The van der Waals surface area contributed by atoms with Gasteiger partial charge in [0.2, 0.25) is 0 Å². The van der Waals surface area contributed by atoms with Crippen molar-refractivity contribution >= 4 is 22.7 Å². The van der Waals surface area contributed by atoms with Crippen molar-refractivity contribution in [3.05, 3.63) is 42.0 Å². The zero-order valence-electron chi connectivity index (χ0n) is 10.8. The number of benzene rings is 2. The number of ether oxygens (including phenoxy) is 1. The molecule has 0 aliphatic heterocycles. The Morgan fingerprint density at radius 3 is 2.47 bits per heavy atom. The average Bonchev–Trinajstić information content (AvgIpc) is 2.41. The Morgan fingerprint density at radius 2 is 1.74 bits per heavy atom. The van der Waals surface area contributed by atoms with Gasteiger partial charge in [0, 0.05) is 29.7 Å². The van der Waals surface area contributed by atoms with E-state index in [4.69, 9.17) is 21.9 Å². The van der Waals surface area contributed by atoms with E-state index in [1.807, 2.05) is 18.2 Å². The Morgan fingerprint density at radius 1 is 1.00 bits per heavy atom. The highest BCUT2D eigenvalue weighted by Crippen LogP contribution is 2.25. The normalized spacial score (nSPS) is 10.2. The molecule has 0 radical (unpaired) electrons. The lowest BCUT2D eigenvalue weighted by Crippen LogP contribution is -2.04. The molecular formula is C14H18N4O. The number of rotatable bonds is 4. The topological polar surface area (TPSA) is 99.3 Å². The molecule has 0 atom stereocenters. The van der Waals surface area contributed by atoms with Crippen LogP contribution in [0.4, 0.5) is 22.7 Å². The highest BCUT2D eigenvalue weighted by Gasteiger charge is 2.03. The van der Waals surface area contributed by atoms with E-state index in [1.54, 1.807) is 25.3 Å². The molecule has 0 aliphatic carbocycles. The van der Waals surface area contributed by atoms with Crippen LogP contribution in [0.5, 0.6) is 5.75 Å². The molecule has 0 bridgehead atoms. The summed E-state index contributed by atoms with van der Waals surface area (Å²) in [5.74, 6) is 0.644. The molecule has 0 spiro atoms. The summed E-state index contributed by atoms with van der Waals surface area (Å²) in [7, 11) is 1.59. The van der Waals surface area contributed by atoms with Gasteiger partial charge in [-0.25, -0.2) is 0 Å². The van der Waals surface area contributed by atoms with Gasteiger partial charge in [0.05, 0.1) is 12.8 Å². The maximum atomic E-state index is 5.89. The van der Waals surface area contributed by atoms with Crippen LogP contribution in [0, 0.1) is 0 Å². The first kappa shape index (κ1) is 12.9. The number of hydrogen-bond donors (Lipinski definition) is 4. The summed E-state index contributed by atoms with van der Waals surface area (Å²) in [5.41, 5.74) is 21.3. The summed E-state index contributed by atoms with van der Waals surface area (Å²) in [6.07, 6.45) is 0. The van der Waals surface area contributed by atoms with Gasteiger partial charge in [-0.1, -0.05) is 0 Å². The zero-order valence-corrected chi connectivity index (χ0v) is 10.8. The lowest BCUT2D eigenvalue weighted by atomic mass is 10.1. The van der Waals surface area contributed by atoms with Crippen molar-refractivity contribution in [2.24, 2.45) is 0 Å². The fraction of sp³-hybridized carbons (Fsp3) is 0.143. The Hall–Kier alpha value is -2.56. The summed E-state index contributed by atoms with van der Waals surface area (Å²) in [6, 6.07) is 11.0. The third-order valence-electron chi connectivity index (χ3n) is 2.88. The van der Waals surface area contributed by atoms with Crippen LogP contribution in [0.25, 0.3) is 0 Å². The van der Waals surface area contributed by atoms with Crippen LogP contribution in [0.2, 0.25) is 0 Å². The molecule has 100 valence electrons. The first-order valence-corrected chi connectivity index (χ1v) is 5.91. The molecule has 0 aliphatic rings. The fourth-order valence-electron chi connectivity index (χ4n) is 1.80. The Labute approximate surface area is 112 Å². The Bertz CT molecular complexity index is 584. The molecular weight excluding hydrogens is 240 g/mol. The quantitative estimate of drug-likeness (QED) is 0.629. The molecule has 0 saturated heterocycles. The summed E-state index contributed by atoms with van der Waals surface area (Å²) in [6.45, 7) is 0.587. The first-order valence-electron chi connectivity index (χ1n) is 5.91. The van der Waals surface area contributed by atoms with Crippen molar-refractivity contribution in [1.29, 1.82) is 0 Å². The summed E-state index contributed by atoms with van der Waals surface area (Å²) in [5, 5.41) is 3.26. The zero-order chi connectivity index (χ0) is 13.8. The molecule has 0 unspecified atom stereocenters. The predicted molar refractivity (Wildman–Crippen MR) is 80.0 cm³/mol. The monoisotopic (exact) mass is 258 g/mol. The number of anilines is 4. The molecule has 0 amide bonds. The molecule has 2 rings (SSSR count). The van der Waals surface area contributed by atoms with Gasteiger partial charge in [0.1, 0.15) is 5.75 Å². The van der Waals surface area contributed by atoms with E-state index >= 15 is 0 Å². The lowest BCUT2D eigenvalue weighted by molar-refractivity contribution is 0.417. The summed E-state index contributed by atoms with van der Waals surface area (Å²) < 4.78 is 5.17. The van der Waals surface area contributed by atoms with Crippen LogP contribution in [-0.2, 0) is 6.54 Å². The molecule has 2 aromatic rings. The van der Waals surface area contributed by atoms with E-state index in [2.05, 4.69) is 5.32 Å². The van der Waals surface area contributed by atoms with Gasteiger partial charge in [-0.3, -0.25) is 0 Å².